The molecule has 1 saturated heterocycles. The summed E-state index contributed by atoms with van der Waals surface area (Å²) in [6.45, 7) is 0.175. The van der Waals surface area contributed by atoms with Gasteiger partial charge in [-0.1, -0.05) is 84.8 Å². The molecule has 0 bridgehead atoms. The number of Topliss-reactive ketones (excluding diaryl/α,β-unsaturated/α-hetero) is 1. The van der Waals surface area contributed by atoms with Crippen molar-refractivity contribution in [3.05, 3.63) is 119 Å². The summed E-state index contributed by atoms with van der Waals surface area (Å²) in [4.78, 5) is 69.9. The highest BCUT2D eigenvalue weighted by Gasteiger charge is 2.65. The van der Waals surface area contributed by atoms with E-state index >= 15 is 4.39 Å². The van der Waals surface area contributed by atoms with E-state index in [1.54, 1.807) is 42.5 Å². The smallest absolute Gasteiger partial charge is 0.303 e. The molecular weight excluding hydrogens is 625 g/mol. The van der Waals surface area contributed by atoms with Crippen molar-refractivity contribution in [2.24, 2.45) is 23.7 Å². The van der Waals surface area contributed by atoms with E-state index in [0.717, 1.165) is 0 Å². The van der Waals surface area contributed by atoms with Crippen LogP contribution in [0.15, 0.2) is 96.6 Å². The van der Waals surface area contributed by atoms with Gasteiger partial charge in [0.05, 0.1) is 17.3 Å². The van der Waals surface area contributed by atoms with Crippen molar-refractivity contribution in [3.8, 4) is 5.75 Å². The highest BCUT2D eigenvalue weighted by Crippen LogP contribution is 2.63. The maximum atomic E-state index is 15.2. The number of carboxylic acid groups (broad SMARTS) is 1. The number of nitrogens with zero attached hydrogens (tertiary/aromatic N) is 1. The van der Waals surface area contributed by atoms with Gasteiger partial charge in [-0.15, -0.1) is 0 Å². The number of imide groups is 1. The number of halogens is 1. The maximum Gasteiger partial charge on any atom is 0.303 e. The summed E-state index contributed by atoms with van der Waals surface area (Å²) in [5.41, 5.74) is 1.09. The van der Waals surface area contributed by atoms with Crippen LogP contribution in [0.5, 0.6) is 5.75 Å². The Morgan fingerprint density at radius 2 is 1.59 bits per heavy atom. The number of carboxylic acids is 1. The second kappa shape index (κ2) is 12.7. The molecule has 2 amide bonds. The lowest BCUT2D eigenvalue weighted by Crippen LogP contribution is -2.58. The van der Waals surface area contributed by atoms with Crippen LogP contribution in [-0.2, 0) is 29.4 Å². The Morgan fingerprint density at radius 1 is 0.878 bits per heavy atom. The van der Waals surface area contributed by atoms with Crippen LogP contribution < -0.4 is 0 Å². The molecule has 3 aromatic rings. The topological polar surface area (TPSA) is 129 Å². The molecule has 8 nitrogen and oxygen atoms in total. The van der Waals surface area contributed by atoms with E-state index in [9.17, 15) is 29.1 Å². The van der Waals surface area contributed by atoms with Gasteiger partial charge in [0, 0.05) is 30.4 Å². The van der Waals surface area contributed by atoms with Gasteiger partial charge in [-0.05, 0) is 66.5 Å². The van der Waals surface area contributed by atoms with Gasteiger partial charge >= 0.3 is 5.97 Å². The summed E-state index contributed by atoms with van der Waals surface area (Å²) >= 11 is 0. The first-order chi connectivity index (χ1) is 23.6. The van der Waals surface area contributed by atoms with Gasteiger partial charge in [0.15, 0.2) is 23.1 Å². The fourth-order valence-corrected chi connectivity index (χ4v) is 8.96. The van der Waals surface area contributed by atoms with Crippen molar-refractivity contribution in [2.45, 2.75) is 49.9 Å². The van der Waals surface area contributed by atoms with Crippen LogP contribution in [-0.4, -0.2) is 51.0 Å². The third kappa shape index (κ3) is 5.23. The van der Waals surface area contributed by atoms with Crippen molar-refractivity contribution < 1.29 is 38.6 Å². The van der Waals surface area contributed by atoms with Crippen LogP contribution in [0.25, 0.3) is 5.57 Å². The minimum Gasteiger partial charge on any atom is -0.505 e. The fourth-order valence-electron chi connectivity index (χ4n) is 8.96. The zero-order valence-corrected chi connectivity index (χ0v) is 26.8. The number of hydrogen-bond acceptors (Lipinski definition) is 6. The number of benzene rings is 3. The molecule has 6 unspecified atom stereocenters. The highest BCUT2D eigenvalue weighted by atomic mass is 19.1. The van der Waals surface area contributed by atoms with E-state index in [-0.39, 0.29) is 54.8 Å². The van der Waals surface area contributed by atoms with E-state index in [4.69, 9.17) is 5.11 Å². The lowest BCUT2D eigenvalue weighted by Gasteiger charge is -2.55. The summed E-state index contributed by atoms with van der Waals surface area (Å²) < 4.78 is 15.2. The highest BCUT2D eigenvalue weighted by molar-refractivity contribution is 6.31. The Kier molecular flexibility index (Phi) is 8.38. The van der Waals surface area contributed by atoms with Crippen LogP contribution in [0.1, 0.15) is 61.1 Å². The molecular formula is C40H36FNO7. The van der Waals surface area contributed by atoms with Crippen LogP contribution in [0.4, 0.5) is 4.39 Å². The van der Waals surface area contributed by atoms with Gasteiger partial charge in [0.25, 0.3) is 0 Å². The van der Waals surface area contributed by atoms with Crippen molar-refractivity contribution in [3.63, 3.8) is 0 Å². The first kappa shape index (κ1) is 32.4. The monoisotopic (exact) mass is 661 g/mol. The summed E-state index contributed by atoms with van der Waals surface area (Å²) in [5.74, 6) is -7.30. The number of allylic oxidation sites excluding steroid dienone is 4. The van der Waals surface area contributed by atoms with Gasteiger partial charge in [0.1, 0.15) is 0 Å². The average molecular weight is 662 g/mol. The molecule has 3 aliphatic carbocycles. The molecule has 4 aliphatic rings. The number of ketones is 2. The number of carbonyl (C=O) groups is 5. The summed E-state index contributed by atoms with van der Waals surface area (Å²) in [6, 6.07) is 22.0. The minimum absolute atomic E-state index is 0.0124. The number of hydrogen-bond donors (Lipinski definition) is 2. The van der Waals surface area contributed by atoms with Crippen molar-refractivity contribution in [1.29, 1.82) is 0 Å². The zero-order valence-electron chi connectivity index (χ0n) is 26.8. The van der Waals surface area contributed by atoms with Crippen molar-refractivity contribution in [1.82, 2.24) is 4.90 Å². The molecule has 49 heavy (non-hydrogen) atoms. The third-order valence-electron chi connectivity index (χ3n) is 11.0. The molecule has 0 spiro atoms. The zero-order chi connectivity index (χ0) is 34.4. The second-order valence-corrected chi connectivity index (χ2v) is 13.5. The molecule has 1 saturated carbocycles. The number of aromatic hydroxyl groups is 1. The number of likely N-dealkylation sites (tertiary alicyclic amines) is 1. The van der Waals surface area contributed by atoms with Gasteiger partial charge in [-0.2, -0.15) is 0 Å². The first-order valence-corrected chi connectivity index (χ1v) is 16.8. The Morgan fingerprint density at radius 3 is 2.29 bits per heavy atom. The Bertz CT molecular complexity index is 1920. The van der Waals surface area contributed by atoms with E-state index in [0.29, 0.717) is 41.5 Å². The normalized spacial score (nSPS) is 27.6. The number of rotatable bonds is 9. The number of phenols is 1. The largest absolute Gasteiger partial charge is 0.505 e. The van der Waals surface area contributed by atoms with Crippen LogP contribution >= 0.6 is 0 Å². The predicted octanol–water partition coefficient (Wildman–Crippen LogP) is 6.00. The molecule has 6 atom stereocenters. The number of unbranched alkanes of at least 4 members (excludes halogenated alkanes) is 2. The van der Waals surface area contributed by atoms with Gasteiger partial charge in [0.2, 0.25) is 11.8 Å². The molecule has 0 radical (unpaired) electrons. The van der Waals surface area contributed by atoms with Gasteiger partial charge < -0.3 is 10.2 Å². The minimum atomic E-state index is -1.48. The van der Waals surface area contributed by atoms with Crippen LogP contribution in [0.3, 0.4) is 0 Å². The van der Waals surface area contributed by atoms with Gasteiger partial charge in [-0.3, -0.25) is 28.9 Å². The molecule has 2 N–H and O–H groups in total. The summed E-state index contributed by atoms with van der Waals surface area (Å²) in [5, 5.41) is 19.1. The van der Waals surface area contributed by atoms with Gasteiger partial charge in [-0.25, -0.2) is 4.39 Å². The molecule has 1 aliphatic heterocycles. The summed E-state index contributed by atoms with van der Waals surface area (Å²) in [7, 11) is 0. The Labute approximate surface area is 282 Å². The molecule has 2 fully saturated rings. The SMILES string of the molecule is O=C(O)CCCCCN1C(=O)C2CC=C3C(CC4C(=O)C(c5ccccc5)=CC(=O)C4(c4ccccc4)C3c3ccc(O)c(F)c3)C2C1=O. The lowest BCUT2D eigenvalue weighted by atomic mass is 9.44. The van der Waals surface area contributed by atoms with E-state index in [2.05, 4.69) is 0 Å². The standard InChI is InChI=1S/C40H36FNO7/c41-31-20-24(15-18-32(31)43)36-26-16-17-27-35(39(49)42(38(27)48)19-9-3-8-14-34(45)46)29(26)21-30-37(47)28(23-10-4-1-5-11-23)22-33(44)40(30,36)25-12-6-2-7-13-25/h1-2,4-7,10-13,15-16,18,20,22,27,29-30,35-36,43H,3,8-9,14,17,19,21H2,(H,45,46). The Balaban J connectivity index is 1.37. The second-order valence-electron chi connectivity index (χ2n) is 13.5. The number of aliphatic carboxylic acids is 1. The number of phenolic OH excluding ortho intramolecular Hbond substituents is 1. The van der Waals surface area contributed by atoms with Crippen LogP contribution in [0, 0.1) is 29.5 Å². The van der Waals surface area contributed by atoms with E-state index in [1.165, 1.54) is 23.1 Å². The number of carbonyl (C=O) groups excluding carboxylic acids is 4. The quantitative estimate of drug-likeness (QED) is 0.164. The third-order valence-corrected chi connectivity index (χ3v) is 11.0. The molecule has 1 heterocycles. The number of amides is 2. The number of fused-ring (bicyclic) bond motifs is 4. The molecule has 3 aromatic carbocycles. The van der Waals surface area contributed by atoms with E-state index < -0.39 is 52.5 Å². The molecule has 7 rings (SSSR count). The van der Waals surface area contributed by atoms with E-state index in [1.807, 2.05) is 30.3 Å². The van der Waals surface area contributed by atoms with Crippen molar-refractivity contribution in [2.75, 3.05) is 6.54 Å². The molecule has 250 valence electrons. The maximum absolute atomic E-state index is 15.2. The predicted molar refractivity (Wildman–Crippen MR) is 177 cm³/mol. The van der Waals surface area contributed by atoms with Crippen molar-refractivity contribution >= 4 is 34.9 Å². The molecule has 0 aromatic heterocycles. The Hall–Kier alpha value is -5.18. The first-order valence-electron chi connectivity index (χ1n) is 16.8. The summed E-state index contributed by atoms with van der Waals surface area (Å²) in [6.07, 6.45) is 5.18. The lowest BCUT2D eigenvalue weighted by molar-refractivity contribution is -0.141. The average Bonchev–Trinajstić information content (AvgIpc) is 3.35. The molecule has 9 heteroatoms. The fraction of sp³-hybridized carbons (Fsp3) is 0.325. The van der Waals surface area contributed by atoms with Crippen LogP contribution in [0.2, 0.25) is 0 Å².